The summed E-state index contributed by atoms with van der Waals surface area (Å²) < 4.78 is 19.9. The Hall–Kier alpha value is -4.02. The molecule has 11 heteroatoms. The molecule has 0 saturated carbocycles. The van der Waals surface area contributed by atoms with Crippen LogP contribution >= 0.6 is 0 Å². The van der Waals surface area contributed by atoms with Gasteiger partial charge in [-0.1, -0.05) is 6.08 Å². The van der Waals surface area contributed by atoms with Gasteiger partial charge in [0.1, 0.15) is 24.6 Å². The number of halogens is 1. The van der Waals surface area contributed by atoms with E-state index in [4.69, 9.17) is 21.3 Å². The topological polar surface area (TPSA) is 144 Å². The number of hydrogen-bond acceptors (Lipinski definition) is 9. The van der Waals surface area contributed by atoms with Gasteiger partial charge in [-0.3, -0.25) is 10.3 Å². The van der Waals surface area contributed by atoms with Crippen LogP contribution in [0.4, 0.5) is 15.0 Å². The SMILES string of the molecule is CN/C=C(\C=N)C1=C(F)CC=C(N)C(C(=N)c2cc(N3CCN4C(=O)OCC4C3)ncn2)=C1. The molecule has 0 radical (unpaired) electrons. The van der Waals surface area contributed by atoms with Gasteiger partial charge in [0.15, 0.2) is 0 Å². The van der Waals surface area contributed by atoms with E-state index in [1.165, 1.54) is 24.7 Å². The summed E-state index contributed by atoms with van der Waals surface area (Å²) in [5.74, 6) is 0.179. The van der Waals surface area contributed by atoms with Crippen LogP contribution in [0.2, 0.25) is 0 Å². The van der Waals surface area contributed by atoms with Gasteiger partial charge < -0.3 is 26.1 Å². The number of nitrogens with zero attached hydrogens (tertiary/aromatic N) is 4. The quantitative estimate of drug-likeness (QED) is 0.480. The second-order valence-corrected chi connectivity index (χ2v) is 7.78. The molecule has 33 heavy (non-hydrogen) atoms. The normalized spacial score (nSPS) is 21.1. The van der Waals surface area contributed by atoms with Gasteiger partial charge in [-0.2, -0.15) is 0 Å². The zero-order valence-electron chi connectivity index (χ0n) is 18.1. The molecule has 2 aliphatic heterocycles. The number of anilines is 1. The zero-order valence-corrected chi connectivity index (χ0v) is 18.1. The number of cyclic esters (lactones) is 1. The maximum Gasteiger partial charge on any atom is 0.410 e. The number of carbonyl (C=O) groups excluding carboxylic acids is 1. The lowest BCUT2D eigenvalue weighted by Crippen LogP contribution is -2.52. The lowest BCUT2D eigenvalue weighted by Gasteiger charge is -2.36. The molecule has 0 spiro atoms. The first kappa shape index (κ1) is 22.2. The highest BCUT2D eigenvalue weighted by molar-refractivity contribution is 6.13. The highest BCUT2D eigenvalue weighted by Gasteiger charge is 2.37. The molecule has 1 aromatic rings. The fourth-order valence-electron chi connectivity index (χ4n) is 4.03. The van der Waals surface area contributed by atoms with Crippen molar-refractivity contribution in [1.29, 1.82) is 10.8 Å². The molecule has 1 unspecified atom stereocenters. The minimum atomic E-state index is -0.444. The van der Waals surface area contributed by atoms with Crippen LogP contribution in [0.5, 0.6) is 0 Å². The third-order valence-electron chi connectivity index (χ3n) is 5.78. The standard InChI is InChI=1S/C22H25FN8O2/c1-27-9-13(8-24)15-6-16(18(25)3-2-17(15)23)21(26)19-7-20(29-12-28-19)30-4-5-31-14(10-30)11-33-22(31)32/h3,6-9,12,14,24,26-27H,2,4-5,10-11,25H2,1H3/b13-9+,24-8?,26-21?. The Balaban J connectivity index is 1.63. The number of nitrogens with one attached hydrogen (secondary N) is 3. The van der Waals surface area contributed by atoms with Crippen molar-refractivity contribution >= 4 is 23.8 Å². The second kappa shape index (κ2) is 9.23. The average Bonchev–Trinajstić information content (AvgIpc) is 3.14. The number of amides is 1. The van der Waals surface area contributed by atoms with Crippen LogP contribution in [0.3, 0.4) is 0 Å². The van der Waals surface area contributed by atoms with E-state index in [0.29, 0.717) is 48.9 Å². The number of aromatic nitrogens is 2. The fraction of sp³-hybridized carbons (Fsp3) is 0.318. The number of fused-ring (bicyclic) bond motifs is 1. The number of rotatable bonds is 6. The van der Waals surface area contributed by atoms with E-state index in [-0.39, 0.29) is 35.5 Å². The van der Waals surface area contributed by atoms with Crippen LogP contribution in [0.15, 0.2) is 59.0 Å². The minimum Gasteiger partial charge on any atom is -0.447 e. The molecule has 1 aromatic heterocycles. The Morgan fingerprint density at radius 2 is 2.21 bits per heavy atom. The monoisotopic (exact) mass is 452 g/mol. The molecule has 0 bridgehead atoms. The van der Waals surface area contributed by atoms with Gasteiger partial charge in [-0.15, -0.1) is 0 Å². The molecule has 3 aliphatic rings. The maximum atomic E-state index is 14.7. The van der Waals surface area contributed by atoms with Gasteiger partial charge in [0, 0.05) is 74.0 Å². The average molecular weight is 452 g/mol. The summed E-state index contributed by atoms with van der Waals surface area (Å²) in [4.78, 5) is 24.1. The molecule has 1 aliphatic carbocycles. The van der Waals surface area contributed by atoms with E-state index in [0.717, 1.165) is 6.21 Å². The van der Waals surface area contributed by atoms with Crippen molar-refractivity contribution in [2.45, 2.75) is 12.5 Å². The number of ether oxygens (including phenoxy) is 1. The van der Waals surface area contributed by atoms with Crippen molar-refractivity contribution in [3.63, 3.8) is 0 Å². The second-order valence-electron chi connectivity index (χ2n) is 7.78. The van der Waals surface area contributed by atoms with Crippen molar-refractivity contribution in [3.05, 3.63) is 64.7 Å². The van der Waals surface area contributed by atoms with E-state index < -0.39 is 5.83 Å². The molecular weight excluding hydrogens is 427 g/mol. The Bertz CT molecular complexity index is 1120. The van der Waals surface area contributed by atoms with Crippen LogP contribution in [0, 0.1) is 10.8 Å². The Morgan fingerprint density at radius 1 is 1.39 bits per heavy atom. The molecule has 10 nitrogen and oxygen atoms in total. The summed E-state index contributed by atoms with van der Waals surface area (Å²) in [5.41, 5.74) is 7.61. The third-order valence-corrected chi connectivity index (χ3v) is 5.78. The van der Waals surface area contributed by atoms with E-state index in [2.05, 4.69) is 15.3 Å². The van der Waals surface area contributed by atoms with Crippen LogP contribution in [-0.2, 0) is 4.74 Å². The van der Waals surface area contributed by atoms with Crippen LogP contribution in [0.1, 0.15) is 12.1 Å². The Kier molecular flexibility index (Phi) is 6.20. The number of allylic oxidation sites excluding steroid dienone is 6. The largest absolute Gasteiger partial charge is 0.447 e. The lowest BCUT2D eigenvalue weighted by atomic mass is 9.99. The minimum absolute atomic E-state index is 0.0198. The van der Waals surface area contributed by atoms with Crippen molar-refractivity contribution < 1.29 is 13.9 Å². The maximum absolute atomic E-state index is 14.7. The van der Waals surface area contributed by atoms with Gasteiger partial charge in [-0.25, -0.2) is 19.2 Å². The molecule has 4 rings (SSSR count). The van der Waals surface area contributed by atoms with E-state index in [1.807, 2.05) is 4.90 Å². The first-order valence-corrected chi connectivity index (χ1v) is 10.5. The number of carbonyl (C=O) groups is 1. The number of nitrogens with two attached hydrogens (primary N) is 1. The summed E-state index contributed by atoms with van der Waals surface area (Å²) in [5, 5.41) is 19.2. The van der Waals surface area contributed by atoms with Crippen LogP contribution in [0.25, 0.3) is 0 Å². The van der Waals surface area contributed by atoms with Crippen molar-refractivity contribution in [1.82, 2.24) is 20.2 Å². The number of piperazine rings is 1. The Morgan fingerprint density at radius 3 is 2.97 bits per heavy atom. The first-order chi connectivity index (χ1) is 15.9. The molecular formula is C22H25FN8O2. The molecule has 1 atom stereocenters. The summed E-state index contributed by atoms with van der Waals surface area (Å²) in [6.45, 7) is 2.01. The smallest absolute Gasteiger partial charge is 0.410 e. The first-order valence-electron chi connectivity index (χ1n) is 10.5. The molecule has 2 fully saturated rings. The highest BCUT2D eigenvalue weighted by Crippen LogP contribution is 2.28. The fourth-order valence-corrected chi connectivity index (χ4v) is 4.03. The van der Waals surface area contributed by atoms with Crippen molar-refractivity contribution in [2.24, 2.45) is 5.73 Å². The molecule has 1 amide bonds. The van der Waals surface area contributed by atoms with Gasteiger partial charge in [0.25, 0.3) is 0 Å². The van der Waals surface area contributed by atoms with Crippen molar-refractivity contribution in [2.75, 3.05) is 38.2 Å². The van der Waals surface area contributed by atoms with E-state index in [1.54, 1.807) is 18.0 Å². The van der Waals surface area contributed by atoms with Crippen molar-refractivity contribution in [3.8, 4) is 0 Å². The van der Waals surface area contributed by atoms with Crippen LogP contribution in [-0.4, -0.2) is 72.2 Å². The van der Waals surface area contributed by atoms with Gasteiger partial charge >= 0.3 is 6.09 Å². The molecule has 172 valence electrons. The summed E-state index contributed by atoms with van der Waals surface area (Å²) >= 11 is 0. The molecule has 5 N–H and O–H groups in total. The molecule has 2 saturated heterocycles. The highest BCUT2D eigenvalue weighted by atomic mass is 19.1. The lowest BCUT2D eigenvalue weighted by molar-refractivity contribution is 0.157. The molecule has 3 heterocycles. The van der Waals surface area contributed by atoms with E-state index >= 15 is 0 Å². The summed E-state index contributed by atoms with van der Waals surface area (Å²) in [6, 6.07) is 1.65. The van der Waals surface area contributed by atoms with Gasteiger partial charge in [0.05, 0.1) is 17.4 Å². The van der Waals surface area contributed by atoms with Gasteiger partial charge in [0.2, 0.25) is 0 Å². The van der Waals surface area contributed by atoms with Gasteiger partial charge in [-0.05, 0) is 6.08 Å². The predicted molar refractivity (Wildman–Crippen MR) is 122 cm³/mol. The third kappa shape index (κ3) is 4.34. The number of hydrogen-bond donors (Lipinski definition) is 4. The van der Waals surface area contributed by atoms with E-state index in [9.17, 15) is 9.18 Å². The Labute approximate surface area is 190 Å². The summed E-state index contributed by atoms with van der Waals surface area (Å²) in [7, 11) is 1.66. The van der Waals surface area contributed by atoms with Crippen LogP contribution < -0.4 is 16.0 Å². The predicted octanol–water partition coefficient (Wildman–Crippen LogP) is 1.63. The zero-order chi connectivity index (χ0) is 23.5. The molecule has 0 aromatic carbocycles. The summed E-state index contributed by atoms with van der Waals surface area (Å²) in [6.07, 6.45) is 6.60.